The predicted octanol–water partition coefficient (Wildman–Crippen LogP) is 1.50. The van der Waals surface area contributed by atoms with E-state index in [4.69, 9.17) is 4.74 Å². The van der Waals surface area contributed by atoms with Gasteiger partial charge in [-0.3, -0.25) is 4.90 Å². The Labute approximate surface area is 93.4 Å². The van der Waals surface area contributed by atoms with Gasteiger partial charge in [-0.25, -0.2) is 0 Å². The molecule has 0 amide bonds. The lowest BCUT2D eigenvalue weighted by Gasteiger charge is -2.40. The molecule has 0 aromatic carbocycles. The molecular weight excluding hydrogens is 190 g/mol. The molecular formula is C12H25NO2. The van der Waals surface area contributed by atoms with Crippen molar-refractivity contribution in [1.29, 1.82) is 0 Å². The first-order chi connectivity index (χ1) is 6.99. The highest BCUT2D eigenvalue weighted by atomic mass is 16.5. The minimum absolute atomic E-state index is 0.245. The number of β-amino-alcohol motifs (C(OH)–C–C–N with tert-alkyl or cyclic N) is 1. The summed E-state index contributed by atoms with van der Waals surface area (Å²) in [4.78, 5) is 2.37. The van der Waals surface area contributed by atoms with Gasteiger partial charge in [0.05, 0.1) is 18.8 Å². The highest BCUT2D eigenvalue weighted by Gasteiger charge is 2.27. The summed E-state index contributed by atoms with van der Waals surface area (Å²) in [6.45, 7) is 10.9. The predicted molar refractivity (Wildman–Crippen MR) is 61.9 cm³/mol. The fourth-order valence-electron chi connectivity index (χ4n) is 2.24. The van der Waals surface area contributed by atoms with E-state index in [1.165, 1.54) is 0 Å². The molecule has 15 heavy (non-hydrogen) atoms. The molecule has 0 aromatic heterocycles. The number of aliphatic hydroxyl groups is 1. The molecule has 0 radical (unpaired) electrons. The van der Waals surface area contributed by atoms with Crippen LogP contribution in [0.15, 0.2) is 0 Å². The van der Waals surface area contributed by atoms with Crippen LogP contribution in [0.4, 0.5) is 0 Å². The molecule has 0 saturated carbocycles. The second kappa shape index (κ2) is 5.83. The van der Waals surface area contributed by atoms with Crippen LogP contribution in [-0.2, 0) is 4.74 Å². The normalized spacial score (nSPS) is 30.8. The molecule has 3 heteroatoms. The number of morpholine rings is 1. The molecule has 90 valence electrons. The largest absolute Gasteiger partial charge is 0.392 e. The number of hydrogen-bond acceptors (Lipinski definition) is 3. The van der Waals surface area contributed by atoms with Crippen molar-refractivity contribution in [3.63, 3.8) is 0 Å². The summed E-state index contributed by atoms with van der Waals surface area (Å²) in [5.41, 5.74) is 0. The number of ether oxygens (including phenoxy) is 1. The zero-order valence-corrected chi connectivity index (χ0v) is 10.4. The highest BCUT2D eigenvalue weighted by molar-refractivity contribution is 4.80. The minimum Gasteiger partial charge on any atom is -0.392 e. The maximum absolute atomic E-state index is 9.46. The van der Waals surface area contributed by atoms with Crippen molar-refractivity contribution in [3.05, 3.63) is 0 Å². The van der Waals surface area contributed by atoms with Crippen LogP contribution in [-0.4, -0.2) is 48.0 Å². The molecule has 1 heterocycles. The quantitative estimate of drug-likeness (QED) is 0.771. The minimum atomic E-state index is -0.245. The Morgan fingerprint density at radius 2 is 2.07 bits per heavy atom. The van der Waals surface area contributed by atoms with Gasteiger partial charge in [-0.15, -0.1) is 0 Å². The van der Waals surface area contributed by atoms with Crippen LogP contribution >= 0.6 is 0 Å². The summed E-state index contributed by atoms with van der Waals surface area (Å²) in [7, 11) is 0. The van der Waals surface area contributed by atoms with Gasteiger partial charge in [0.15, 0.2) is 0 Å². The molecule has 3 atom stereocenters. The smallest absolute Gasteiger partial charge is 0.0674 e. The van der Waals surface area contributed by atoms with Crippen LogP contribution in [0.3, 0.4) is 0 Å². The average Bonchev–Trinajstić information content (AvgIpc) is 2.08. The fourth-order valence-corrected chi connectivity index (χ4v) is 2.24. The third-order valence-corrected chi connectivity index (χ3v) is 2.82. The molecule has 0 aliphatic carbocycles. The maximum atomic E-state index is 9.46. The SMILES string of the molecule is CC(C)CC1COC(C)CN1CC(C)O. The van der Waals surface area contributed by atoms with Crippen LogP contribution in [0, 0.1) is 5.92 Å². The average molecular weight is 215 g/mol. The summed E-state index contributed by atoms with van der Waals surface area (Å²) < 4.78 is 5.68. The van der Waals surface area contributed by atoms with E-state index in [9.17, 15) is 5.11 Å². The van der Waals surface area contributed by atoms with Crippen molar-refractivity contribution in [2.24, 2.45) is 5.92 Å². The van der Waals surface area contributed by atoms with E-state index >= 15 is 0 Å². The molecule has 1 aliphatic rings. The Hall–Kier alpha value is -0.120. The maximum Gasteiger partial charge on any atom is 0.0674 e. The molecule has 1 saturated heterocycles. The topological polar surface area (TPSA) is 32.7 Å². The summed E-state index contributed by atoms with van der Waals surface area (Å²) in [5, 5.41) is 9.46. The monoisotopic (exact) mass is 215 g/mol. The lowest BCUT2D eigenvalue weighted by atomic mass is 10.0. The first-order valence-corrected chi connectivity index (χ1v) is 6.02. The van der Waals surface area contributed by atoms with Gasteiger partial charge in [0.25, 0.3) is 0 Å². The molecule has 3 nitrogen and oxygen atoms in total. The van der Waals surface area contributed by atoms with Crippen molar-refractivity contribution in [1.82, 2.24) is 4.90 Å². The van der Waals surface area contributed by atoms with Gasteiger partial charge in [0.1, 0.15) is 0 Å². The molecule has 1 aliphatic heterocycles. The van der Waals surface area contributed by atoms with Crippen LogP contribution in [0.2, 0.25) is 0 Å². The summed E-state index contributed by atoms with van der Waals surface area (Å²) in [5.74, 6) is 0.684. The zero-order valence-electron chi connectivity index (χ0n) is 10.4. The first kappa shape index (κ1) is 12.9. The number of rotatable bonds is 4. The number of hydrogen-bond donors (Lipinski definition) is 1. The summed E-state index contributed by atoms with van der Waals surface area (Å²) in [6, 6.07) is 0.482. The Bertz CT molecular complexity index is 180. The van der Waals surface area contributed by atoms with Gasteiger partial charge in [0.2, 0.25) is 0 Å². The Morgan fingerprint density at radius 3 is 2.60 bits per heavy atom. The summed E-state index contributed by atoms with van der Waals surface area (Å²) in [6.07, 6.45) is 1.21. The Morgan fingerprint density at radius 1 is 1.40 bits per heavy atom. The Kier molecular flexibility index (Phi) is 5.03. The van der Waals surface area contributed by atoms with Crippen LogP contribution in [0.25, 0.3) is 0 Å². The lowest BCUT2D eigenvalue weighted by molar-refractivity contribution is -0.0703. The first-order valence-electron chi connectivity index (χ1n) is 6.02. The molecule has 1 N–H and O–H groups in total. The molecule has 1 fully saturated rings. The van der Waals surface area contributed by atoms with E-state index in [2.05, 4.69) is 25.7 Å². The van der Waals surface area contributed by atoms with Crippen LogP contribution < -0.4 is 0 Å². The number of nitrogens with zero attached hydrogens (tertiary/aromatic N) is 1. The second-order valence-electron chi connectivity index (χ2n) is 5.23. The lowest BCUT2D eigenvalue weighted by Crippen LogP contribution is -2.51. The molecule has 3 unspecified atom stereocenters. The standard InChI is InChI=1S/C12H25NO2/c1-9(2)5-12-8-15-11(4)7-13(12)6-10(3)14/h9-12,14H,5-8H2,1-4H3. The third kappa shape index (κ3) is 4.49. The van der Waals surface area contributed by atoms with E-state index < -0.39 is 0 Å². The summed E-state index contributed by atoms with van der Waals surface area (Å²) >= 11 is 0. The Balaban J connectivity index is 2.50. The van der Waals surface area contributed by atoms with E-state index in [-0.39, 0.29) is 6.10 Å². The molecule has 0 bridgehead atoms. The van der Waals surface area contributed by atoms with E-state index in [1.54, 1.807) is 0 Å². The van der Waals surface area contributed by atoms with Gasteiger partial charge < -0.3 is 9.84 Å². The van der Waals surface area contributed by atoms with Gasteiger partial charge in [-0.05, 0) is 26.2 Å². The van der Waals surface area contributed by atoms with Crippen molar-refractivity contribution < 1.29 is 9.84 Å². The van der Waals surface area contributed by atoms with Crippen LogP contribution in [0.5, 0.6) is 0 Å². The fraction of sp³-hybridized carbons (Fsp3) is 1.00. The van der Waals surface area contributed by atoms with Gasteiger partial charge in [-0.2, -0.15) is 0 Å². The van der Waals surface area contributed by atoms with E-state index in [0.717, 1.165) is 26.1 Å². The van der Waals surface area contributed by atoms with Crippen molar-refractivity contribution >= 4 is 0 Å². The molecule has 1 rings (SSSR count). The number of aliphatic hydroxyl groups excluding tert-OH is 1. The van der Waals surface area contributed by atoms with Gasteiger partial charge >= 0.3 is 0 Å². The molecule has 0 aromatic rings. The van der Waals surface area contributed by atoms with Crippen molar-refractivity contribution in [3.8, 4) is 0 Å². The molecule has 0 spiro atoms. The van der Waals surface area contributed by atoms with Gasteiger partial charge in [-0.1, -0.05) is 13.8 Å². The van der Waals surface area contributed by atoms with Crippen molar-refractivity contribution in [2.75, 3.05) is 19.7 Å². The zero-order chi connectivity index (χ0) is 11.4. The van der Waals surface area contributed by atoms with E-state index in [1.807, 2.05) is 6.92 Å². The van der Waals surface area contributed by atoms with Gasteiger partial charge in [0, 0.05) is 19.1 Å². The van der Waals surface area contributed by atoms with Crippen LogP contribution in [0.1, 0.15) is 34.1 Å². The van der Waals surface area contributed by atoms with E-state index in [0.29, 0.717) is 18.1 Å². The third-order valence-electron chi connectivity index (χ3n) is 2.82. The second-order valence-corrected chi connectivity index (χ2v) is 5.23. The highest BCUT2D eigenvalue weighted by Crippen LogP contribution is 2.18. The van der Waals surface area contributed by atoms with Crippen molar-refractivity contribution in [2.45, 2.75) is 52.4 Å².